The number of hydrogen-bond acceptors (Lipinski definition) is 2. The maximum Gasteiger partial charge on any atom is 0.143 e. The molecule has 2 rings (SSSR count). The molecule has 4 heteroatoms. The van der Waals surface area contributed by atoms with Crippen LogP contribution in [0.25, 0.3) is 0 Å². The molecule has 0 bridgehead atoms. The van der Waals surface area contributed by atoms with Gasteiger partial charge in [-0.3, -0.25) is 4.79 Å². The van der Waals surface area contributed by atoms with Gasteiger partial charge in [0, 0.05) is 21.8 Å². The Labute approximate surface area is 127 Å². The van der Waals surface area contributed by atoms with E-state index in [4.69, 9.17) is 16.3 Å². The molecule has 1 heterocycles. The molecule has 1 fully saturated rings. The van der Waals surface area contributed by atoms with Crippen molar-refractivity contribution in [3.63, 3.8) is 0 Å². The molecule has 0 radical (unpaired) electrons. The molecular formula is C15H18BrClO2. The molecule has 2 nitrogen and oxygen atoms in total. The highest BCUT2D eigenvalue weighted by Gasteiger charge is 2.41. The molecule has 4 atom stereocenters. The van der Waals surface area contributed by atoms with Gasteiger partial charge in [-0.25, -0.2) is 0 Å². The van der Waals surface area contributed by atoms with E-state index >= 15 is 0 Å². The number of carbonyl (C=O) groups excluding carboxylic acids is 1. The summed E-state index contributed by atoms with van der Waals surface area (Å²) in [5, 5.41) is 0.634. The summed E-state index contributed by atoms with van der Waals surface area (Å²) in [6, 6.07) is 5.64. The molecule has 1 aromatic carbocycles. The molecule has 0 saturated carbocycles. The van der Waals surface area contributed by atoms with Gasteiger partial charge in [-0.15, -0.1) is 0 Å². The van der Waals surface area contributed by atoms with Gasteiger partial charge in [-0.2, -0.15) is 0 Å². The van der Waals surface area contributed by atoms with Crippen molar-refractivity contribution in [1.29, 1.82) is 0 Å². The normalized spacial score (nSPS) is 30.6. The summed E-state index contributed by atoms with van der Waals surface area (Å²) >= 11 is 9.53. The van der Waals surface area contributed by atoms with Crippen LogP contribution in [0.4, 0.5) is 0 Å². The van der Waals surface area contributed by atoms with Gasteiger partial charge in [0.1, 0.15) is 5.78 Å². The van der Waals surface area contributed by atoms with Gasteiger partial charge in [0.15, 0.2) is 0 Å². The van der Waals surface area contributed by atoms with Crippen LogP contribution in [0.3, 0.4) is 0 Å². The van der Waals surface area contributed by atoms with Crippen LogP contribution in [-0.2, 0) is 16.0 Å². The molecule has 0 aliphatic carbocycles. The van der Waals surface area contributed by atoms with Crippen LogP contribution in [0.5, 0.6) is 0 Å². The molecular weight excluding hydrogens is 328 g/mol. The molecule has 4 unspecified atom stereocenters. The van der Waals surface area contributed by atoms with E-state index in [0.29, 0.717) is 11.4 Å². The fraction of sp³-hybridized carbons (Fsp3) is 0.533. The van der Waals surface area contributed by atoms with E-state index in [1.54, 1.807) is 0 Å². The first kappa shape index (κ1) is 15.0. The largest absolute Gasteiger partial charge is 0.375 e. The molecule has 0 spiro atoms. The zero-order valence-electron chi connectivity index (χ0n) is 11.3. The van der Waals surface area contributed by atoms with Crippen molar-refractivity contribution in [2.24, 2.45) is 11.8 Å². The van der Waals surface area contributed by atoms with Crippen molar-refractivity contribution in [2.75, 3.05) is 0 Å². The predicted molar refractivity (Wildman–Crippen MR) is 80.5 cm³/mol. The van der Waals surface area contributed by atoms with Gasteiger partial charge in [0.2, 0.25) is 0 Å². The second kappa shape index (κ2) is 5.94. The van der Waals surface area contributed by atoms with Crippen LogP contribution >= 0.6 is 27.5 Å². The second-order valence-corrected chi connectivity index (χ2v) is 6.63. The Hall–Kier alpha value is -0.380. The number of benzene rings is 1. The Bertz CT molecular complexity index is 489. The monoisotopic (exact) mass is 344 g/mol. The summed E-state index contributed by atoms with van der Waals surface area (Å²) in [6.07, 6.45) is 0.512. The standard InChI is InChI=1S/C15H18BrClO2/c1-8-9(2)19-10(3)15(8)14(18)6-11-4-5-12(16)7-13(11)17/h4-5,7-10,15H,6H2,1-3H3. The fourth-order valence-electron chi connectivity index (χ4n) is 2.79. The van der Waals surface area contributed by atoms with Gasteiger partial charge >= 0.3 is 0 Å². The molecule has 1 aliphatic heterocycles. The highest BCUT2D eigenvalue weighted by atomic mass is 79.9. The lowest BCUT2D eigenvalue weighted by Gasteiger charge is -2.17. The van der Waals surface area contributed by atoms with Crippen LogP contribution < -0.4 is 0 Å². The van der Waals surface area contributed by atoms with Crippen molar-refractivity contribution < 1.29 is 9.53 Å². The smallest absolute Gasteiger partial charge is 0.143 e. The lowest BCUT2D eigenvalue weighted by atomic mass is 9.84. The Morgan fingerprint density at radius 1 is 1.32 bits per heavy atom. The first-order valence-electron chi connectivity index (χ1n) is 6.52. The minimum Gasteiger partial charge on any atom is -0.375 e. The van der Waals surface area contributed by atoms with Crippen molar-refractivity contribution in [3.8, 4) is 0 Å². The van der Waals surface area contributed by atoms with Gasteiger partial charge in [-0.1, -0.05) is 40.5 Å². The van der Waals surface area contributed by atoms with E-state index in [1.165, 1.54) is 0 Å². The molecule has 0 amide bonds. The van der Waals surface area contributed by atoms with Gasteiger partial charge in [0.25, 0.3) is 0 Å². The number of hydrogen-bond donors (Lipinski definition) is 0. The van der Waals surface area contributed by atoms with Gasteiger partial charge < -0.3 is 4.74 Å². The topological polar surface area (TPSA) is 26.3 Å². The number of halogens is 2. The molecule has 0 N–H and O–H groups in total. The van der Waals surface area contributed by atoms with Crippen molar-refractivity contribution in [3.05, 3.63) is 33.3 Å². The maximum absolute atomic E-state index is 12.5. The molecule has 19 heavy (non-hydrogen) atoms. The van der Waals surface area contributed by atoms with Crippen LogP contribution in [0.15, 0.2) is 22.7 Å². The lowest BCUT2D eigenvalue weighted by Crippen LogP contribution is -2.28. The molecule has 1 saturated heterocycles. The number of ether oxygens (including phenoxy) is 1. The first-order valence-corrected chi connectivity index (χ1v) is 7.69. The van der Waals surface area contributed by atoms with E-state index in [9.17, 15) is 4.79 Å². The SMILES string of the molecule is CC1OC(C)C(C(=O)Cc2ccc(Br)cc2Cl)C1C. The molecule has 1 aliphatic rings. The van der Waals surface area contributed by atoms with Crippen LogP contribution in [-0.4, -0.2) is 18.0 Å². The van der Waals surface area contributed by atoms with E-state index < -0.39 is 0 Å². The number of ketones is 1. The van der Waals surface area contributed by atoms with Crippen LogP contribution in [0.1, 0.15) is 26.3 Å². The van der Waals surface area contributed by atoms with E-state index in [1.807, 2.05) is 32.0 Å². The van der Waals surface area contributed by atoms with Crippen LogP contribution in [0, 0.1) is 11.8 Å². The average Bonchev–Trinajstić information content (AvgIpc) is 2.57. The highest BCUT2D eigenvalue weighted by Crippen LogP contribution is 2.34. The molecule has 104 valence electrons. The first-order chi connectivity index (χ1) is 8.90. The Morgan fingerprint density at radius 2 is 2.00 bits per heavy atom. The van der Waals surface area contributed by atoms with Gasteiger partial charge in [-0.05, 0) is 37.5 Å². The third kappa shape index (κ3) is 3.21. The predicted octanol–water partition coefficient (Wildman–Crippen LogP) is 4.27. The summed E-state index contributed by atoms with van der Waals surface area (Å²) in [5.41, 5.74) is 0.883. The zero-order valence-corrected chi connectivity index (χ0v) is 13.7. The fourth-order valence-corrected chi connectivity index (χ4v) is 3.53. The second-order valence-electron chi connectivity index (χ2n) is 5.31. The summed E-state index contributed by atoms with van der Waals surface area (Å²) in [6.45, 7) is 6.09. The average molecular weight is 346 g/mol. The third-order valence-corrected chi connectivity index (χ3v) is 4.84. The van der Waals surface area contributed by atoms with E-state index in [-0.39, 0.29) is 29.8 Å². The maximum atomic E-state index is 12.5. The van der Waals surface area contributed by atoms with Crippen molar-refractivity contribution in [2.45, 2.75) is 39.4 Å². The van der Waals surface area contributed by atoms with Crippen molar-refractivity contribution in [1.82, 2.24) is 0 Å². The Balaban J connectivity index is 2.13. The van der Waals surface area contributed by atoms with E-state index in [0.717, 1.165) is 10.0 Å². The quantitative estimate of drug-likeness (QED) is 0.817. The van der Waals surface area contributed by atoms with Crippen molar-refractivity contribution >= 4 is 33.3 Å². The summed E-state index contributed by atoms with van der Waals surface area (Å²) in [5.74, 6) is 0.444. The van der Waals surface area contributed by atoms with Gasteiger partial charge in [0.05, 0.1) is 12.2 Å². The Morgan fingerprint density at radius 3 is 2.53 bits per heavy atom. The molecule has 1 aromatic rings. The van der Waals surface area contributed by atoms with E-state index in [2.05, 4.69) is 22.9 Å². The number of carbonyl (C=O) groups is 1. The summed E-state index contributed by atoms with van der Waals surface area (Å²) in [7, 11) is 0. The summed E-state index contributed by atoms with van der Waals surface area (Å²) in [4.78, 5) is 12.5. The number of Topliss-reactive ketones (excluding diaryl/α,β-unsaturated/α-hetero) is 1. The minimum absolute atomic E-state index is 0.00766. The lowest BCUT2D eigenvalue weighted by molar-refractivity contribution is -0.124. The number of rotatable bonds is 3. The summed E-state index contributed by atoms with van der Waals surface area (Å²) < 4.78 is 6.66. The highest BCUT2D eigenvalue weighted by molar-refractivity contribution is 9.10. The van der Waals surface area contributed by atoms with Crippen LogP contribution in [0.2, 0.25) is 5.02 Å². The zero-order chi connectivity index (χ0) is 14.2. The third-order valence-electron chi connectivity index (χ3n) is 3.99. The minimum atomic E-state index is -0.0327. The Kier molecular flexibility index (Phi) is 4.70. The molecule has 0 aromatic heterocycles.